The Labute approximate surface area is 216 Å². The summed E-state index contributed by atoms with van der Waals surface area (Å²) in [5.41, 5.74) is 1.08. The third-order valence-electron chi connectivity index (χ3n) is 6.63. The van der Waals surface area contributed by atoms with Crippen molar-refractivity contribution in [1.29, 1.82) is 0 Å². The first-order chi connectivity index (χ1) is 17.6. The van der Waals surface area contributed by atoms with Crippen LogP contribution in [-0.2, 0) is 19.6 Å². The highest BCUT2D eigenvalue weighted by molar-refractivity contribution is 7.89. The largest absolute Gasteiger partial charge is 0.463 e. The molecule has 2 aliphatic rings. The zero-order chi connectivity index (χ0) is 26.7. The zero-order valence-corrected chi connectivity index (χ0v) is 21.9. The number of nitrogens with one attached hydrogen (secondary N) is 1. The van der Waals surface area contributed by atoms with Crippen molar-refractivity contribution in [2.45, 2.75) is 30.8 Å². The maximum Gasteiger partial charge on any atom is 0.338 e. The summed E-state index contributed by atoms with van der Waals surface area (Å²) in [6, 6.07) is 12.4. The number of esters is 1. The molecule has 198 valence electrons. The number of sulfonamides is 1. The van der Waals surface area contributed by atoms with Crippen LogP contribution in [0.15, 0.2) is 70.8 Å². The molecule has 0 unspecified atom stereocenters. The molecule has 11 heteroatoms. The smallest absolute Gasteiger partial charge is 0.338 e. The van der Waals surface area contributed by atoms with E-state index in [-0.39, 0.29) is 36.2 Å². The molecule has 0 radical (unpaired) electrons. The van der Waals surface area contributed by atoms with Crippen LogP contribution in [0.3, 0.4) is 0 Å². The highest BCUT2D eigenvalue weighted by atomic mass is 32.2. The highest BCUT2D eigenvalue weighted by Crippen LogP contribution is 2.32. The molecular weight excluding hydrogens is 499 g/mol. The van der Waals surface area contributed by atoms with Gasteiger partial charge in [-0.2, -0.15) is 4.31 Å². The average molecular weight is 531 g/mol. The molecule has 2 heterocycles. The van der Waals surface area contributed by atoms with E-state index in [1.807, 2.05) is 11.8 Å². The first kappa shape index (κ1) is 26.8. The predicted octanol–water partition coefficient (Wildman–Crippen LogP) is 2.73. The number of ether oxygens (including phenoxy) is 1. The van der Waals surface area contributed by atoms with Crippen molar-refractivity contribution >= 4 is 22.0 Å². The fourth-order valence-electron chi connectivity index (χ4n) is 4.79. The lowest BCUT2D eigenvalue weighted by molar-refractivity contribution is -0.139. The molecule has 0 aromatic heterocycles. The monoisotopic (exact) mass is 530 g/mol. The Kier molecular flexibility index (Phi) is 7.96. The second kappa shape index (κ2) is 11.0. The Morgan fingerprint density at radius 3 is 2.51 bits per heavy atom. The van der Waals surface area contributed by atoms with Crippen LogP contribution in [0.2, 0.25) is 0 Å². The summed E-state index contributed by atoms with van der Waals surface area (Å²) in [6.07, 6.45) is 0. The Bertz CT molecular complexity index is 1300. The first-order valence-electron chi connectivity index (χ1n) is 12.1. The fourth-order valence-corrected chi connectivity index (χ4v) is 6.43. The van der Waals surface area contributed by atoms with E-state index in [1.54, 1.807) is 50.4 Å². The van der Waals surface area contributed by atoms with Crippen molar-refractivity contribution in [3.05, 3.63) is 77.2 Å². The minimum Gasteiger partial charge on any atom is -0.463 e. The summed E-state index contributed by atoms with van der Waals surface area (Å²) >= 11 is 0. The van der Waals surface area contributed by atoms with Gasteiger partial charge in [-0.1, -0.05) is 30.3 Å². The van der Waals surface area contributed by atoms with Crippen LogP contribution in [0.4, 0.5) is 9.18 Å². The fraction of sp³-hybridized carbons (Fsp3) is 0.385. The number of likely N-dealkylation sites (N-methyl/N-ethyl adjacent to an activating group) is 1. The Morgan fingerprint density at radius 1 is 1.14 bits per heavy atom. The number of hydrogen-bond donors (Lipinski definition) is 1. The van der Waals surface area contributed by atoms with E-state index in [0.29, 0.717) is 24.4 Å². The second-order valence-electron chi connectivity index (χ2n) is 9.09. The number of hydrogen-bond acceptors (Lipinski definition) is 6. The summed E-state index contributed by atoms with van der Waals surface area (Å²) in [5, 5.41) is 2.78. The van der Waals surface area contributed by atoms with E-state index in [1.165, 1.54) is 27.4 Å². The van der Waals surface area contributed by atoms with Crippen LogP contribution in [0.5, 0.6) is 0 Å². The number of urea groups is 1. The maximum atomic E-state index is 14.0. The molecule has 4 rings (SSSR count). The van der Waals surface area contributed by atoms with E-state index >= 15 is 0 Å². The molecule has 2 aromatic rings. The lowest BCUT2D eigenvalue weighted by Crippen LogP contribution is -2.56. The molecule has 1 N–H and O–H groups in total. The Morgan fingerprint density at radius 2 is 1.86 bits per heavy atom. The van der Waals surface area contributed by atoms with Crippen LogP contribution < -0.4 is 5.32 Å². The summed E-state index contributed by atoms with van der Waals surface area (Å²) < 4.78 is 47.2. The van der Waals surface area contributed by atoms with Crippen molar-refractivity contribution in [3.63, 3.8) is 0 Å². The predicted molar refractivity (Wildman–Crippen MR) is 135 cm³/mol. The van der Waals surface area contributed by atoms with Gasteiger partial charge >= 0.3 is 12.0 Å². The molecular formula is C26H31FN4O5S. The standard InChI is InChI=1S/C26H31FN4O5S/c1-4-36-25(32)23-22(29(3)26(33)28-24(23)19-9-8-10-20(27)15-19)17-30-13-14-31(18(2)16-30)37(34,35)21-11-6-5-7-12-21/h5-12,15,18,24H,4,13-14,16-17H2,1-3H3,(H,28,33)/t18-,24-/m0/s1. The van der Waals surface area contributed by atoms with Gasteiger partial charge in [-0.25, -0.2) is 22.4 Å². The average Bonchev–Trinajstić information content (AvgIpc) is 2.87. The topological polar surface area (TPSA) is 99.3 Å². The van der Waals surface area contributed by atoms with E-state index in [2.05, 4.69) is 5.32 Å². The molecule has 0 aliphatic carbocycles. The van der Waals surface area contributed by atoms with Crippen molar-refractivity contribution < 1.29 is 27.1 Å². The lowest BCUT2D eigenvalue weighted by Gasteiger charge is -2.41. The van der Waals surface area contributed by atoms with Crippen molar-refractivity contribution in [1.82, 2.24) is 19.4 Å². The van der Waals surface area contributed by atoms with Crippen LogP contribution in [0, 0.1) is 5.82 Å². The van der Waals surface area contributed by atoms with Crippen LogP contribution >= 0.6 is 0 Å². The van der Waals surface area contributed by atoms with Gasteiger partial charge in [0, 0.05) is 45.0 Å². The number of piperazine rings is 1. The third-order valence-corrected chi connectivity index (χ3v) is 8.66. The van der Waals surface area contributed by atoms with Gasteiger partial charge in [0.1, 0.15) is 5.82 Å². The molecule has 0 bridgehead atoms. The first-order valence-corrected chi connectivity index (χ1v) is 13.6. The van der Waals surface area contributed by atoms with Gasteiger partial charge in [0.15, 0.2) is 0 Å². The van der Waals surface area contributed by atoms with E-state index in [0.717, 1.165) is 0 Å². The van der Waals surface area contributed by atoms with Gasteiger partial charge in [0.2, 0.25) is 10.0 Å². The van der Waals surface area contributed by atoms with Gasteiger partial charge in [-0.3, -0.25) is 9.80 Å². The number of rotatable bonds is 7. The summed E-state index contributed by atoms with van der Waals surface area (Å²) in [7, 11) is -2.10. The van der Waals surface area contributed by atoms with Gasteiger partial charge in [0.05, 0.1) is 23.1 Å². The molecule has 1 saturated heterocycles. The summed E-state index contributed by atoms with van der Waals surface area (Å²) in [6.45, 7) is 4.92. The quantitative estimate of drug-likeness (QED) is 0.553. The third kappa shape index (κ3) is 5.53. The molecule has 1 fully saturated rings. The highest BCUT2D eigenvalue weighted by Gasteiger charge is 2.39. The molecule has 0 spiro atoms. The number of carbonyl (C=O) groups is 2. The van der Waals surface area contributed by atoms with Gasteiger partial charge in [-0.05, 0) is 43.7 Å². The van der Waals surface area contributed by atoms with E-state index in [4.69, 9.17) is 4.74 Å². The van der Waals surface area contributed by atoms with Crippen molar-refractivity contribution in [2.75, 3.05) is 39.8 Å². The number of amides is 2. The van der Waals surface area contributed by atoms with Gasteiger partial charge in [0.25, 0.3) is 0 Å². The Balaban J connectivity index is 1.63. The SMILES string of the molecule is CCOC(=O)C1=C(CN2CCN(S(=O)(=O)c3ccccc3)[C@@H](C)C2)N(C)C(=O)N[C@H]1c1cccc(F)c1. The Hall–Kier alpha value is -3.28. The van der Waals surface area contributed by atoms with E-state index < -0.39 is 33.9 Å². The van der Waals surface area contributed by atoms with Crippen molar-refractivity contribution in [3.8, 4) is 0 Å². The molecule has 0 saturated carbocycles. The number of halogens is 1. The zero-order valence-electron chi connectivity index (χ0n) is 21.1. The van der Waals surface area contributed by atoms with Crippen LogP contribution in [-0.4, -0.2) is 80.4 Å². The molecule has 2 aromatic carbocycles. The second-order valence-corrected chi connectivity index (χ2v) is 11.0. The summed E-state index contributed by atoms with van der Waals surface area (Å²) in [4.78, 5) is 29.6. The number of benzene rings is 2. The van der Waals surface area contributed by atoms with Crippen LogP contribution in [0.25, 0.3) is 0 Å². The normalized spacial score (nSPS) is 21.6. The molecule has 37 heavy (non-hydrogen) atoms. The number of carbonyl (C=O) groups excluding carboxylic acids is 2. The molecule has 2 atom stereocenters. The van der Waals surface area contributed by atoms with Crippen molar-refractivity contribution in [2.24, 2.45) is 0 Å². The van der Waals surface area contributed by atoms with Gasteiger partial charge in [-0.15, -0.1) is 0 Å². The molecule has 2 aliphatic heterocycles. The number of nitrogens with zero attached hydrogens (tertiary/aromatic N) is 3. The molecule has 9 nitrogen and oxygen atoms in total. The van der Waals surface area contributed by atoms with Crippen LogP contribution in [0.1, 0.15) is 25.5 Å². The summed E-state index contributed by atoms with van der Waals surface area (Å²) in [5.74, 6) is -1.09. The lowest BCUT2D eigenvalue weighted by atomic mass is 9.94. The van der Waals surface area contributed by atoms with E-state index in [9.17, 15) is 22.4 Å². The maximum absolute atomic E-state index is 14.0. The van der Waals surface area contributed by atoms with Gasteiger partial charge < -0.3 is 10.1 Å². The molecule has 2 amide bonds. The minimum absolute atomic E-state index is 0.135. The minimum atomic E-state index is -3.66.